The molecule has 1 aliphatic rings. The van der Waals surface area contributed by atoms with E-state index < -0.39 is 0 Å². The molecule has 1 nitrogen and oxygen atoms in total. The molecule has 1 aliphatic heterocycles. The van der Waals surface area contributed by atoms with Crippen LogP contribution in [0.15, 0.2) is 65.6 Å². The van der Waals surface area contributed by atoms with Crippen LogP contribution >= 0.6 is 11.8 Å². The Bertz CT molecular complexity index is 526. The van der Waals surface area contributed by atoms with Crippen molar-refractivity contribution in [2.24, 2.45) is 0 Å². The largest absolute Gasteiger partial charge is 0.306 e. The van der Waals surface area contributed by atoms with Crippen LogP contribution in [0.25, 0.3) is 0 Å². The lowest BCUT2D eigenvalue weighted by Gasteiger charge is -2.36. The number of rotatable bonds is 3. The fourth-order valence-electron chi connectivity index (χ4n) is 2.93. The maximum Gasteiger partial charge on any atom is 0.0187 e. The van der Waals surface area contributed by atoms with E-state index in [1.54, 1.807) is 0 Å². The van der Waals surface area contributed by atoms with Crippen molar-refractivity contribution in [3.05, 3.63) is 66.2 Å². The molecular weight excluding hydrogens is 262 g/mol. The fourth-order valence-corrected chi connectivity index (χ4v) is 4.22. The molecule has 0 amide bonds. The predicted molar refractivity (Wildman–Crippen MR) is 87.4 cm³/mol. The summed E-state index contributed by atoms with van der Waals surface area (Å²) in [5, 5.41) is 0.677. The fraction of sp³-hybridized carbons (Fsp3) is 0.333. The number of hydrogen-bond acceptors (Lipinski definition) is 2. The van der Waals surface area contributed by atoms with Gasteiger partial charge in [-0.15, -0.1) is 11.8 Å². The molecule has 2 atom stereocenters. The van der Waals surface area contributed by atoms with Crippen LogP contribution in [-0.2, 0) is 0 Å². The standard InChI is InChI=1S/C18H21NS/c1-19-13-12-18(20-16-10-6-3-7-11-16)17(14-19)15-8-4-2-5-9-15/h2-11,17-18H,12-14H2,1H3/t17-,18+/m1/s1. The van der Waals surface area contributed by atoms with E-state index >= 15 is 0 Å². The smallest absolute Gasteiger partial charge is 0.0187 e. The van der Waals surface area contributed by atoms with Gasteiger partial charge in [0.1, 0.15) is 0 Å². The summed E-state index contributed by atoms with van der Waals surface area (Å²) in [7, 11) is 2.24. The second-order valence-corrected chi connectivity index (χ2v) is 6.85. The molecule has 1 saturated heterocycles. The molecule has 0 radical (unpaired) electrons. The lowest BCUT2D eigenvalue weighted by Crippen LogP contribution is -2.38. The molecule has 20 heavy (non-hydrogen) atoms. The summed E-state index contributed by atoms with van der Waals surface area (Å²) in [4.78, 5) is 3.85. The van der Waals surface area contributed by atoms with Crippen LogP contribution in [0.1, 0.15) is 17.9 Å². The number of benzene rings is 2. The van der Waals surface area contributed by atoms with Crippen LogP contribution in [-0.4, -0.2) is 30.3 Å². The van der Waals surface area contributed by atoms with E-state index in [-0.39, 0.29) is 0 Å². The number of piperidine rings is 1. The number of hydrogen-bond donors (Lipinski definition) is 0. The van der Waals surface area contributed by atoms with Crippen LogP contribution in [0.2, 0.25) is 0 Å². The molecular formula is C18H21NS. The SMILES string of the molecule is CN1CC[C@H](Sc2ccccc2)[C@@H](c2ccccc2)C1. The summed E-state index contributed by atoms with van der Waals surface area (Å²) in [6, 6.07) is 21.8. The topological polar surface area (TPSA) is 3.24 Å². The first kappa shape index (κ1) is 13.7. The van der Waals surface area contributed by atoms with Gasteiger partial charge in [0.2, 0.25) is 0 Å². The second-order valence-electron chi connectivity index (χ2n) is 5.54. The summed E-state index contributed by atoms with van der Waals surface area (Å²) in [6.07, 6.45) is 1.26. The minimum Gasteiger partial charge on any atom is -0.306 e. The van der Waals surface area contributed by atoms with Gasteiger partial charge in [-0.1, -0.05) is 48.5 Å². The zero-order valence-electron chi connectivity index (χ0n) is 11.9. The van der Waals surface area contributed by atoms with Crippen LogP contribution in [0, 0.1) is 0 Å². The van der Waals surface area contributed by atoms with Gasteiger partial charge >= 0.3 is 0 Å². The van der Waals surface area contributed by atoms with Crippen LogP contribution in [0.4, 0.5) is 0 Å². The van der Waals surface area contributed by atoms with Crippen LogP contribution < -0.4 is 0 Å². The Morgan fingerprint density at radius 3 is 2.30 bits per heavy atom. The lowest BCUT2D eigenvalue weighted by molar-refractivity contribution is 0.256. The quantitative estimate of drug-likeness (QED) is 0.827. The number of thioether (sulfide) groups is 1. The number of likely N-dealkylation sites (N-methyl/N-ethyl adjacent to an activating group) is 1. The summed E-state index contributed by atoms with van der Waals surface area (Å²) in [5.41, 5.74) is 1.48. The molecule has 0 aromatic heterocycles. The first-order valence-corrected chi connectivity index (χ1v) is 8.16. The highest BCUT2D eigenvalue weighted by atomic mass is 32.2. The molecule has 0 N–H and O–H groups in total. The number of nitrogens with zero attached hydrogens (tertiary/aromatic N) is 1. The van der Waals surface area contributed by atoms with Crippen molar-refractivity contribution >= 4 is 11.8 Å². The molecule has 3 rings (SSSR count). The van der Waals surface area contributed by atoms with E-state index in [9.17, 15) is 0 Å². The van der Waals surface area contributed by atoms with E-state index in [4.69, 9.17) is 0 Å². The minimum atomic E-state index is 0.625. The van der Waals surface area contributed by atoms with Crippen LogP contribution in [0.5, 0.6) is 0 Å². The molecule has 2 aromatic carbocycles. The van der Waals surface area contributed by atoms with Crippen molar-refractivity contribution in [1.82, 2.24) is 4.90 Å². The van der Waals surface area contributed by atoms with Gasteiger partial charge in [-0.05, 0) is 37.7 Å². The average molecular weight is 283 g/mol. The van der Waals surface area contributed by atoms with Gasteiger partial charge in [-0.3, -0.25) is 0 Å². The predicted octanol–water partition coefficient (Wildman–Crippen LogP) is 4.27. The van der Waals surface area contributed by atoms with Gasteiger partial charge in [0.25, 0.3) is 0 Å². The zero-order chi connectivity index (χ0) is 13.8. The van der Waals surface area contributed by atoms with E-state index in [0.717, 1.165) is 6.54 Å². The Morgan fingerprint density at radius 2 is 1.60 bits per heavy atom. The van der Waals surface area contributed by atoms with Crippen molar-refractivity contribution in [2.75, 3.05) is 20.1 Å². The summed E-state index contributed by atoms with van der Waals surface area (Å²) >= 11 is 2.04. The zero-order valence-corrected chi connectivity index (χ0v) is 12.7. The van der Waals surface area contributed by atoms with E-state index in [1.165, 1.54) is 23.4 Å². The van der Waals surface area contributed by atoms with Crippen molar-refractivity contribution in [3.63, 3.8) is 0 Å². The van der Waals surface area contributed by atoms with Crippen molar-refractivity contribution < 1.29 is 0 Å². The molecule has 1 fully saturated rings. The molecule has 0 spiro atoms. The van der Waals surface area contributed by atoms with Crippen molar-refractivity contribution in [3.8, 4) is 0 Å². The van der Waals surface area contributed by atoms with Gasteiger partial charge in [-0.25, -0.2) is 0 Å². The molecule has 0 aliphatic carbocycles. The highest BCUT2D eigenvalue weighted by Gasteiger charge is 2.29. The summed E-state index contributed by atoms with van der Waals surface area (Å²) in [5.74, 6) is 0.625. The third-order valence-electron chi connectivity index (χ3n) is 4.01. The van der Waals surface area contributed by atoms with Crippen molar-refractivity contribution in [1.29, 1.82) is 0 Å². The van der Waals surface area contributed by atoms with Gasteiger partial charge in [0, 0.05) is 22.6 Å². The molecule has 0 bridgehead atoms. The first-order valence-electron chi connectivity index (χ1n) is 7.28. The minimum absolute atomic E-state index is 0.625. The first-order chi connectivity index (χ1) is 9.83. The number of likely N-dealkylation sites (tertiary alicyclic amines) is 1. The third kappa shape index (κ3) is 3.25. The Hall–Kier alpha value is -1.25. The Labute approximate surface area is 126 Å². The summed E-state index contributed by atoms with van der Waals surface area (Å²) in [6.45, 7) is 2.36. The molecule has 0 unspecified atom stereocenters. The maximum atomic E-state index is 2.46. The molecule has 2 heteroatoms. The highest BCUT2D eigenvalue weighted by molar-refractivity contribution is 8.00. The van der Waals surface area contributed by atoms with Gasteiger partial charge in [-0.2, -0.15) is 0 Å². The van der Waals surface area contributed by atoms with Gasteiger partial charge in [0.05, 0.1) is 0 Å². The molecule has 1 heterocycles. The Balaban J connectivity index is 1.80. The third-order valence-corrected chi connectivity index (χ3v) is 5.42. The highest BCUT2D eigenvalue weighted by Crippen LogP contribution is 2.38. The Morgan fingerprint density at radius 1 is 0.950 bits per heavy atom. The lowest BCUT2D eigenvalue weighted by atomic mass is 9.90. The molecule has 0 saturated carbocycles. The second kappa shape index (κ2) is 6.47. The maximum absolute atomic E-state index is 2.46. The average Bonchev–Trinajstić information content (AvgIpc) is 2.51. The van der Waals surface area contributed by atoms with E-state index in [0.29, 0.717) is 11.2 Å². The van der Waals surface area contributed by atoms with Gasteiger partial charge < -0.3 is 4.90 Å². The van der Waals surface area contributed by atoms with E-state index in [2.05, 4.69) is 72.6 Å². The monoisotopic (exact) mass is 283 g/mol. The Kier molecular flexibility index (Phi) is 4.44. The van der Waals surface area contributed by atoms with E-state index in [1.807, 2.05) is 11.8 Å². The normalized spacial score (nSPS) is 23.6. The van der Waals surface area contributed by atoms with Crippen molar-refractivity contribution in [2.45, 2.75) is 22.5 Å². The molecule has 104 valence electrons. The molecule has 2 aromatic rings. The summed E-state index contributed by atoms with van der Waals surface area (Å²) < 4.78 is 0. The van der Waals surface area contributed by atoms with Crippen LogP contribution in [0.3, 0.4) is 0 Å². The van der Waals surface area contributed by atoms with Gasteiger partial charge in [0.15, 0.2) is 0 Å².